The maximum atomic E-state index is 14.1. The quantitative estimate of drug-likeness (QED) is 0.324. The van der Waals surface area contributed by atoms with Gasteiger partial charge in [-0.3, -0.25) is 14.5 Å². The molecule has 1 fully saturated rings. The largest absolute Gasteiger partial charge is 0.351 e. The van der Waals surface area contributed by atoms with E-state index in [9.17, 15) is 14.0 Å². The molecule has 1 aliphatic rings. The zero-order valence-corrected chi connectivity index (χ0v) is 20.4. The van der Waals surface area contributed by atoms with Crippen LogP contribution in [0.2, 0.25) is 0 Å². The number of para-hydroxylation sites is 1. The molecule has 2 aromatic heterocycles. The molecule has 0 bridgehead atoms. The molecule has 2 aromatic carbocycles. The first-order valence-corrected chi connectivity index (χ1v) is 12.9. The lowest BCUT2D eigenvalue weighted by molar-refractivity contribution is -0.123. The van der Waals surface area contributed by atoms with E-state index < -0.39 is 11.9 Å². The Bertz CT molecular complexity index is 1310. The van der Waals surface area contributed by atoms with Crippen LogP contribution in [0.5, 0.6) is 0 Å². The highest BCUT2D eigenvalue weighted by molar-refractivity contribution is 7.17. The molecule has 1 saturated carbocycles. The van der Waals surface area contributed by atoms with Gasteiger partial charge in [0.05, 0.1) is 10.2 Å². The van der Waals surface area contributed by atoms with E-state index in [1.165, 1.54) is 18.6 Å². The molecule has 1 aliphatic carbocycles. The van der Waals surface area contributed by atoms with E-state index in [0.29, 0.717) is 16.9 Å². The molecule has 180 valence electrons. The van der Waals surface area contributed by atoms with Gasteiger partial charge in [0, 0.05) is 11.7 Å². The summed E-state index contributed by atoms with van der Waals surface area (Å²) in [5, 5.41) is 5.16. The number of amides is 2. The molecule has 0 aliphatic heterocycles. The molecule has 2 heterocycles. The number of carbonyl (C=O) groups is 2. The van der Waals surface area contributed by atoms with E-state index >= 15 is 0 Å². The van der Waals surface area contributed by atoms with Crippen LogP contribution in [-0.4, -0.2) is 22.8 Å². The van der Waals surface area contributed by atoms with Gasteiger partial charge in [0.2, 0.25) is 5.91 Å². The number of aryl methyl sites for hydroxylation is 1. The number of aromatic amines is 1. The van der Waals surface area contributed by atoms with Crippen molar-refractivity contribution in [2.24, 2.45) is 0 Å². The minimum atomic E-state index is -0.951. The summed E-state index contributed by atoms with van der Waals surface area (Å²) < 4.78 is 14.8. The van der Waals surface area contributed by atoms with Crippen molar-refractivity contribution in [2.75, 3.05) is 4.90 Å². The second kappa shape index (κ2) is 10.0. The van der Waals surface area contributed by atoms with Crippen LogP contribution in [0, 0.1) is 12.7 Å². The van der Waals surface area contributed by atoms with Gasteiger partial charge in [0.1, 0.15) is 17.6 Å². The van der Waals surface area contributed by atoms with Crippen LogP contribution >= 0.6 is 11.3 Å². The van der Waals surface area contributed by atoms with Gasteiger partial charge in [-0.2, -0.15) is 0 Å². The van der Waals surface area contributed by atoms with Crippen LogP contribution in [0.25, 0.3) is 10.2 Å². The lowest BCUT2D eigenvalue weighted by atomic mass is 9.94. The Morgan fingerprint density at radius 2 is 1.80 bits per heavy atom. The number of benzene rings is 2. The number of hydrogen-bond acceptors (Lipinski definition) is 3. The molecule has 0 saturated heterocycles. The van der Waals surface area contributed by atoms with Crippen molar-refractivity contribution < 1.29 is 14.0 Å². The lowest BCUT2D eigenvalue weighted by Gasteiger charge is -2.34. The third-order valence-electron chi connectivity index (χ3n) is 6.71. The average molecular weight is 490 g/mol. The fraction of sp³-hybridized carbons (Fsp3) is 0.286. The van der Waals surface area contributed by atoms with Gasteiger partial charge >= 0.3 is 0 Å². The summed E-state index contributed by atoms with van der Waals surface area (Å²) in [6, 6.07) is 16.3. The number of nitrogens with zero attached hydrogens (tertiary/aromatic N) is 1. The highest BCUT2D eigenvalue weighted by Crippen LogP contribution is 2.33. The Morgan fingerprint density at radius 3 is 2.51 bits per heavy atom. The zero-order chi connectivity index (χ0) is 24.4. The monoisotopic (exact) mass is 489 g/mol. The number of carbonyl (C=O) groups excluding carboxylic acids is 2. The SMILES string of the molecule is Cc1ccccc1N(C(=O)c1cc2sccc2[nH]1)[C@H](C(=O)NC1CCCCC1)c1ccc(F)cc1. The van der Waals surface area contributed by atoms with Crippen LogP contribution in [0.3, 0.4) is 0 Å². The molecule has 2 amide bonds. The summed E-state index contributed by atoms with van der Waals surface area (Å²) >= 11 is 1.55. The maximum absolute atomic E-state index is 14.1. The highest BCUT2D eigenvalue weighted by atomic mass is 32.1. The molecule has 0 radical (unpaired) electrons. The van der Waals surface area contributed by atoms with E-state index in [2.05, 4.69) is 10.3 Å². The summed E-state index contributed by atoms with van der Waals surface area (Å²) in [6.45, 7) is 1.92. The van der Waals surface area contributed by atoms with Crippen LogP contribution in [0.1, 0.15) is 59.8 Å². The summed E-state index contributed by atoms with van der Waals surface area (Å²) in [4.78, 5) is 32.7. The van der Waals surface area contributed by atoms with Crippen LogP contribution in [0.4, 0.5) is 10.1 Å². The van der Waals surface area contributed by atoms with Gasteiger partial charge in [-0.05, 0) is 66.6 Å². The molecule has 0 spiro atoms. The molecule has 35 heavy (non-hydrogen) atoms. The van der Waals surface area contributed by atoms with Gasteiger partial charge in [-0.25, -0.2) is 4.39 Å². The summed E-state index contributed by atoms with van der Waals surface area (Å²) in [5.41, 5.74) is 3.36. The predicted molar refractivity (Wildman–Crippen MR) is 138 cm³/mol. The molecule has 1 atom stereocenters. The normalized spacial score (nSPS) is 15.1. The number of rotatable bonds is 6. The number of aromatic nitrogens is 1. The molecule has 5 nitrogen and oxygen atoms in total. The van der Waals surface area contributed by atoms with E-state index in [0.717, 1.165) is 41.5 Å². The third kappa shape index (κ3) is 4.86. The first-order chi connectivity index (χ1) is 17.0. The molecule has 2 N–H and O–H groups in total. The summed E-state index contributed by atoms with van der Waals surface area (Å²) in [5.74, 6) is -0.956. The molecule has 5 rings (SSSR count). The van der Waals surface area contributed by atoms with Gasteiger partial charge in [-0.15, -0.1) is 11.3 Å². The number of thiophene rings is 1. The minimum absolute atomic E-state index is 0.0730. The number of hydrogen-bond donors (Lipinski definition) is 2. The number of halogens is 1. The molecule has 4 aromatic rings. The zero-order valence-electron chi connectivity index (χ0n) is 19.6. The van der Waals surface area contributed by atoms with Gasteiger partial charge in [0.25, 0.3) is 5.91 Å². The fourth-order valence-corrected chi connectivity index (χ4v) is 5.67. The number of fused-ring (bicyclic) bond motifs is 1. The topological polar surface area (TPSA) is 65.2 Å². The van der Waals surface area contributed by atoms with Gasteiger partial charge in [0.15, 0.2) is 0 Å². The van der Waals surface area contributed by atoms with Crippen LogP contribution in [-0.2, 0) is 4.79 Å². The van der Waals surface area contributed by atoms with E-state index in [4.69, 9.17) is 0 Å². The Kier molecular flexibility index (Phi) is 6.68. The van der Waals surface area contributed by atoms with Crippen LogP contribution < -0.4 is 10.2 Å². The van der Waals surface area contributed by atoms with Gasteiger partial charge in [-0.1, -0.05) is 49.6 Å². The smallest absolute Gasteiger partial charge is 0.275 e. The first-order valence-electron chi connectivity index (χ1n) is 12.0. The lowest BCUT2D eigenvalue weighted by Crippen LogP contribution is -2.47. The third-order valence-corrected chi connectivity index (χ3v) is 7.57. The predicted octanol–water partition coefficient (Wildman–Crippen LogP) is 6.51. The molecule has 7 heteroatoms. The van der Waals surface area contributed by atoms with Crippen LogP contribution in [0.15, 0.2) is 66.0 Å². The standard InChI is InChI=1S/C28H28FN3O2S/c1-18-7-5-6-10-24(18)32(28(34)23-17-25-22(31-23)15-16-35-25)26(19-11-13-20(29)14-12-19)27(33)30-21-8-3-2-4-9-21/h5-7,10-17,21,26,31H,2-4,8-9H2,1H3,(H,30,33)/t26-/m0/s1. The van der Waals surface area contributed by atoms with Crippen molar-refractivity contribution >= 4 is 39.1 Å². The second-order valence-corrected chi connectivity index (χ2v) is 10.1. The van der Waals surface area contributed by atoms with Crippen molar-refractivity contribution in [2.45, 2.75) is 51.1 Å². The van der Waals surface area contributed by atoms with Crippen molar-refractivity contribution in [3.05, 3.63) is 88.7 Å². The van der Waals surface area contributed by atoms with E-state index in [-0.39, 0.29) is 17.9 Å². The number of nitrogens with one attached hydrogen (secondary N) is 2. The van der Waals surface area contributed by atoms with Crippen molar-refractivity contribution in [1.29, 1.82) is 0 Å². The molecule has 0 unspecified atom stereocenters. The second-order valence-electron chi connectivity index (χ2n) is 9.14. The Labute approximate surface area is 208 Å². The number of anilines is 1. The van der Waals surface area contributed by atoms with Crippen molar-refractivity contribution in [3.8, 4) is 0 Å². The minimum Gasteiger partial charge on any atom is -0.351 e. The van der Waals surface area contributed by atoms with Crippen molar-refractivity contribution in [1.82, 2.24) is 10.3 Å². The summed E-state index contributed by atoms with van der Waals surface area (Å²) in [7, 11) is 0. The average Bonchev–Trinajstić information content (AvgIpc) is 3.47. The number of H-pyrrole nitrogens is 1. The Morgan fingerprint density at radius 1 is 1.06 bits per heavy atom. The van der Waals surface area contributed by atoms with E-state index in [1.54, 1.807) is 28.4 Å². The fourth-order valence-electron chi connectivity index (χ4n) is 4.88. The molecular formula is C28H28FN3O2S. The van der Waals surface area contributed by atoms with E-state index in [1.807, 2.05) is 48.7 Å². The highest BCUT2D eigenvalue weighted by Gasteiger charge is 2.36. The first kappa shape index (κ1) is 23.3. The molecular weight excluding hydrogens is 461 g/mol. The van der Waals surface area contributed by atoms with Crippen molar-refractivity contribution in [3.63, 3.8) is 0 Å². The van der Waals surface area contributed by atoms with Gasteiger partial charge < -0.3 is 10.3 Å². The Balaban J connectivity index is 1.61. The summed E-state index contributed by atoms with van der Waals surface area (Å²) in [6.07, 6.45) is 5.17. The maximum Gasteiger partial charge on any atom is 0.275 e. The Hall–Kier alpha value is -3.45.